The molecule has 0 rings (SSSR count). The maximum absolute atomic E-state index is 9.93. The summed E-state index contributed by atoms with van der Waals surface area (Å²) >= 11 is 16.6. The van der Waals surface area contributed by atoms with E-state index in [0.717, 1.165) is 0 Å². The molecule has 0 aliphatic rings. The second kappa shape index (κ2) is 5.08. The highest BCUT2D eigenvalue weighted by Crippen LogP contribution is 2.25. The first-order valence-corrected chi connectivity index (χ1v) is 8.19. The second-order valence-corrected chi connectivity index (χ2v) is 11.2. The van der Waals surface area contributed by atoms with Crippen LogP contribution in [-0.4, -0.2) is 23.7 Å². The van der Waals surface area contributed by atoms with Crippen molar-refractivity contribution in [3.05, 3.63) is 0 Å². The molecule has 0 aromatic rings. The Bertz CT molecular complexity index is 138. The minimum Gasteiger partial charge on any atom is -0.465 e. The van der Waals surface area contributed by atoms with Crippen LogP contribution in [0, 0.1) is 0 Å². The zero-order valence-electron chi connectivity index (χ0n) is 5.61. The largest absolute Gasteiger partial charge is 0.465 e. The maximum atomic E-state index is 9.93. The maximum Gasteiger partial charge on any atom is 0.404 e. The van der Waals surface area contributed by atoms with Gasteiger partial charge in [0.2, 0.25) is 0 Å². The molecule has 66 valence electrons. The Kier molecular flexibility index (Phi) is 5.25. The van der Waals surface area contributed by atoms with Crippen LogP contribution in [0.5, 0.6) is 0 Å². The van der Waals surface area contributed by atoms with Crippen LogP contribution in [0.15, 0.2) is 0 Å². The third-order valence-electron chi connectivity index (χ3n) is 0.913. The van der Waals surface area contributed by atoms with E-state index in [1.807, 2.05) is 0 Å². The molecule has 1 amide bonds. The Hall–Kier alpha value is 0.357. The van der Waals surface area contributed by atoms with Gasteiger partial charge in [0.1, 0.15) is 0 Å². The van der Waals surface area contributed by atoms with Gasteiger partial charge < -0.3 is 10.4 Å². The van der Waals surface area contributed by atoms with Gasteiger partial charge in [-0.05, 0) is 12.5 Å². The fraction of sp³-hybridized carbons (Fsp3) is 0.750. The molecule has 0 saturated carbocycles. The van der Waals surface area contributed by atoms with Crippen LogP contribution < -0.4 is 5.32 Å². The van der Waals surface area contributed by atoms with Gasteiger partial charge in [-0.3, -0.25) is 0 Å². The van der Waals surface area contributed by atoms with Crippen molar-refractivity contribution in [1.29, 1.82) is 0 Å². The summed E-state index contributed by atoms with van der Waals surface area (Å²) in [5, 5.41) is 10.3. The Labute approximate surface area is 79.7 Å². The Balaban J connectivity index is 3.22. The van der Waals surface area contributed by atoms with E-state index in [0.29, 0.717) is 19.0 Å². The standard InChI is InChI=1S/C4H8Cl3NO2Si/c5-11(6,7)3-1-2-8-4(9)10/h8H,1-3H2,(H,9,10). The van der Waals surface area contributed by atoms with Crippen LogP contribution in [0.3, 0.4) is 0 Å². The Morgan fingerprint density at radius 3 is 2.36 bits per heavy atom. The molecule has 0 bridgehead atoms. The minimum absolute atomic E-state index is 0.343. The normalized spacial score (nSPS) is 11.2. The number of carbonyl (C=O) groups is 1. The highest BCUT2D eigenvalue weighted by atomic mass is 35.8. The minimum atomic E-state index is -2.55. The Morgan fingerprint density at radius 1 is 1.45 bits per heavy atom. The van der Waals surface area contributed by atoms with Crippen molar-refractivity contribution < 1.29 is 9.90 Å². The van der Waals surface area contributed by atoms with E-state index in [2.05, 4.69) is 5.32 Å². The van der Waals surface area contributed by atoms with E-state index < -0.39 is 12.1 Å². The first-order valence-electron chi connectivity index (χ1n) is 2.95. The van der Waals surface area contributed by atoms with E-state index in [1.54, 1.807) is 0 Å². The monoisotopic (exact) mass is 235 g/mol. The van der Waals surface area contributed by atoms with E-state index in [9.17, 15) is 4.79 Å². The molecule has 0 saturated heterocycles. The Morgan fingerprint density at radius 2 is 2.00 bits per heavy atom. The van der Waals surface area contributed by atoms with Gasteiger partial charge in [-0.25, -0.2) is 4.79 Å². The van der Waals surface area contributed by atoms with Gasteiger partial charge >= 0.3 is 12.1 Å². The quantitative estimate of drug-likeness (QED) is 0.447. The predicted molar refractivity (Wildman–Crippen MR) is 48.8 cm³/mol. The van der Waals surface area contributed by atoms with Gasteiger partial charge in [0.05, 0.1) is 0 Å². The van der Waals surface area contributed by atoms with E-state index in [1.165, 1.54) is 0 Å². The number of rotatable bonds is 4. The fourth-order valence-electron chi connectivity index (χ4n) is 0.484. The summed E-state index contributed by atoms with van der Waals surface area (Å²) in [5.41, 5.74) is 0. The first-order chi connectivity index (χ1) is 4.92. The molecule has 0 spiro atoms. The highest BCUT2D eigenvalue weighted by molar-refractivity contribution is 7.64. The lowest BCUT2D eigenvalue weighted by molar-refractivity contribution is 0.194. The summed E-state index contributed by atoms with van der Waals surface area (Å²) in [6.07, 6.45) is -0.467. The van der Waals surface area contributed by atoms with Crippen LogP contribution in [0.4, 0.5) is 4.79 Å². The van der Waals surface area contributed by atoms with Crippen LogP contribution >= 0.6 is 33.2 Å². The lowest BCUT2D eigenvalue weighted by Gasteiger charge is -2.06. The third kappa shape index (κ3) is 10.4. The molecule has 3 nitrogen and oxygen atoms in total. The van der Waals surface area contributed by atoms with Gasteiger partial charge in [-0.2, -0.15) is 0 Å². The van der Waals surface area contributed by atoms with Crippen LogP contribution in [0.1, 0.15) is 6.42 Å². The van der Waals surface area contributed by atoms with Crippen molar-refractivity contribution in [2.24, 2.45) is 0 Å². The van der Waals surface area contributed by atoms with Crippen LogP contribution in [-0.2, 0) is 0 Å². The average Bonchev–Trinajstić information content (AvgIpc) is 1.78. The van der Waals surface area contributed by atoms with E-state index in [4.69, 9.17) is 38.3 Å². The van der Waals surface area contributed by atoms with Crippen molar-refractivity contribution in [2.75, 3.05) is 6.54 Å². The molecule has 0 heterocycles. The number of hydrogen-bond acceptors (Lipinski definition) is 1. The van der Waals surface area contributed by atoms with Crippen LogP contribution in [0.2, 0.25) is 6.04 Å². The number of amides is 1. The lowest BCUT2D eigenvalue weighted by Crippen LogP contribution is -2.23. The second-order valence-electron chi connectivity index (χ2n) is 1.95. The molecular formula is C4H8Cl3NO2Si. The van der Waals surface area contributed by atoms with Crippen molar-refractivity contribution in [2.45, 2.75) is 12.5 Å². The van der Waals surface area contributed by atoms with Gasteiger partial charge in [-0.15, -0.1) is 33.2 Å². The SMILES string of the molecule is O=C(O)NCCC[Si](Cl)(Cl)Cl. The number of halogens is 3. The molecule has 7 heteroatoms. The van der Waals surface area contributed by atoms with Crippen molar-refractivity contribution in [3.63, 3.8) is 0 Å². The van der Waals surface area contributed by atoms with E-state index in [-0.39, 0.29) is 0 Å². The van der Waals surface area contributed by atoms with Gasteiger partial charge in [0.25, 0.3) is 0 Å². The molecule has 0 aromatic carbocycles. The molecule has 0 aliphatic heterocycles. The van der Waals surface area contributed by atoms with Crippen molar-refractivity contribution in [3.8, 4) is 0 Å². The summed E-state index contributed by atoms with van der Waals surface area (Å²) in [6, 6.07) is -2.06. The van der Waals surface area contributed by atoms with Crippen molar-refractivity contribution >= 4 is 45.3 Å². The van der Waals surface area contributed by atoms with Crippen LogP contribution in [0.25, 0.3) is 0 Å². The molecule has 0 aliphatic carbocycles. The highest BCUT2D eigenvalue weighted by Gasteiger charge is 2.23. The molecule has 2 N–H and O–H groups in total. The lowest BCUT2D eigenvalue weighted by atomic mass is 10.5. The summed E-state index contributed by atoms with van der Waals surface area (Å²) in [7, 11) is 0. The molecule has 0 unspecified atom stereocenters. The fourth-order valence-corrected chi connectivity index (χ4v) is 2.26. The molecule has 0 fully saturated rings. The average molecular weight is 237 g/mol. The number of nitrogens with one attached hydrogen (secondary N) is 1. The predicted octanol–water partition coefficient (Wildman–Crippen LogP) is 2.30. The van der Waals surface area contributed by atoms with Gasteiger partial charge in [0, 0.05) is 6.54 Å². The van der Waals surface area contributed by atoms with Gasteiger partial charge in [-0.1, -0.05) is 0 Å². The molecule has 0 aromatic heterocycles. The molecule has 0 atom stereocenters. The summed E-state index contributed by atoms with van der Waals surface area (Å²) in [6.45, 7) is 0.343. The van der Waals surface area contributed by atoms with E-state index >= 15 is 0 Å². The third-order valence-corrected chi connectivity index (χ3v) is 3.53. The topological polar surface area (TPSA) is 49.3 Å². The molecular weight excluding hydrogens is 228 g/mol. The smallest absolute Gasteiger partial charge is 0.404 e. The zero-order chi connectivity index (χ0) is 8.91. The van der Waals surface area contributed by atoms with Gasteiger partial charge in [0.15, 0.2) is 0 Å². The number of hydrogen-bond donors (Lipinski definition) is 2. The summed E-state index contributed by atoms with van der Waals surface area (Å²) in [5.74, 6) is 0. The number of carboxylic acid groups (broad SMARTS) is 1. The van der Waals surface area contributed by atoms with Crippen molar-refractivity contribution in [1.82, 2.24) is 5.32 Å². The zero-order valence-corrected chi connectivity index (χ0v) is 8.88. The summed E-state index contributed by atoms with van der Waals surface area (Å²) < 4.78 is 0. The molecule has 0 radical (unpaired) electrons. The summed E-state index contributed by atoms with van der Waals surface area (Å²) in [4.78, 5) is 9.93. The first kappa shape index (κ1) is 11.4. The molecule has 11 heavy (non-hydrogen) atoms.